The lowest BCUT2D eigenvalue weighted by Gasteiger charge is -2.05. The molecule has 1 rings (SSSR count). The summed E-state index contributed by atoms with van der Waals surface area (Å²) >= 11 is 0. The van der Waals surface area contributed by atoms with Crippen molar-refractivity contribution < 1.29 is 9.84 Å². The molecule has 0 aliphatic carbocycles. The van der Waals surface area contributed by atoms with Crippen LogP contribution in [0.2, 0.25) is 0 Å². The Balaban J connectivity index is 2.22. The van der Waals surface area contributed by atoms with E-state index < -0.39 is 0 Å². The summed E-state index contributed by atoms with van der Waals surface area (Å²) in [6.07, 6.45) is 2.26. The van der Waals surface area contributed by atoms with E-state index in [1.54, 1.807) is 0 Å². The summed E-state index contributed by atoms with van der Waals surface area (Å²) in [6.45, 7) is 0.185. The van der Waals surface area contributed by atoms with Gasteiger partial charge in [-0.15, -0.1) is 0 Å². The summed E-state index contributed by atoms with van der Waals surface area (Å²) < 4.78 is 5.26. The van der Waals surface area contributed by atoms with E-state index in [1.807, 2.05) is 7.85 Å². The van der Waals surface area contributed by atoms with Gasteiger partial charge in [0.15, 0.2) is 0 Å². The van der Waals surface area contributed by atoms with Crippen LogP contribution in [0.3, 0.4) is 0 Å². The average molecular weight is 114 g/mol. The molecule has 0 spiro atoms. The van der Waals surface area contributed by atoms with E-state index in [4.69, 9.17) is 9.84 Å². The Morgan fingerprint density at radius 3 is 2.62 bits per heavy atom. The van der Waals surface area contributed by atoms with Gasteiger partial charge in [-0.3, -0.25) is 0 Å². The lowest BCUT2D eigenvalue weighted by atomic mass is 9.97. The molecular formula is C5H11BO2. The highest BCUT2D eigenvalue weighted by atomic mass is 16.5. The smallest absolute Gasteiger partial charge is 0.139 e. The molecule has 1 unspecified atom stereocenters. The van der Waals surface area contributed by atoms with Crippen LogP contribution in [0.5, 0.6) is 0 Å². The summed E-state index contributed by atoms with van der Waals surface area (Å²) in [5.41, 5.74) is 0. The van der Waals surface area contributed by atoms with Gasteiger partial charge in [0.2, 0.25) is 0 Å². The van der Waals surface area contributed by atoms with Gasteiger partial charge in [0.05, 0.1) is 12.7 Å². The number of hydrogen-bond donors (Lipinski definition) is 1. The second kappa shape index (κ2) is 2.51. The van der Waals surface area contributed by atoms with Crippen molar-refractivity contribution in [3.8, 4) is 0 Å². The molecule has 1 fully saturated rings. The zero-order valence-corrected chi connectivity index (χ0v) is 5.13. The lowest BCUT2D eigenvalue weighted by Crippen LogP contribution is -2.13. The molecule has 0 aromatic rings. The molecule has 0 saturated carbocycles. The lowest BCUT2D eigenvalue weighted by molar-refractivity contribution is 0.0432. The second-order valence-corrected chi connectivity index (χ2v) is 2.33. The molecule has 1 N–H and O–H groups in total. The monoisotopic (exact) mass is 114 g/mol. The molecule has 0 bridgehead atoms. The number of ether oxygens (including phenoxy) is 1. The Morgan fingerprint density at radius 2 is 2.38 bits per heavy atom. The van der Waals surface area contributed by atoms with Gasteiger partial charge in [-0.2, -0.15) is 0 Å². The van der Waals surface area contributed by atoms with E-state index in [0.717, 1.165) is 12.8 Å². The largest absolute Gasteiger partial charge is 0.394 e. The molecule has 0 radical (unpaired) electrons. The molecule has 3 heteroatoms. The summed E-state index contributed by atoms with van der Waals surface area (Å²) in [5, 5.41) is 8.56. The average Bonchev–Trinajstić information content (AvgIpc) is 2.14. The van der Waals surface area contributed by atoms with Crippen molar-refractivity contribution >= 4 is 7.85 Å². The second-order valence-electron chi connectivity index (χ2n) is 2.33. The summed E-state index contributed by atoms with van der Waals surface area (Å²) in [6, 6.07) is 0.368. The van der Waals surface area contributed by atoms with Gasteiger partial charge >= 0.3 is 0 Å². The molecule has 0 aromatic heterocycles. The fourth-order valence-electron chi connectivity index (χ4n) is 1.02. The molecule has 2 atom stereocenters. The van der Waals surface area contributed by atoms with Crippen LogP contribution < -0.4 is 0 Å². The van der Waals surface area contributed by atoms with Crippen molar-refractivity contribution in [1.82, 2.24) is 0 Å². The molecular weight excluding hydrogens is 103 g/mol. The third-order valence-electron chi connectivity index (χ3n) is 1.52. The molecule has 0 amide bonds. The highest BCUT2D eigenvalue weighted by Crippen LogP contribution is 2.15. The molecule has 1 aliphatic rings. The van der Waals surface area contributed by atoms with E-state index >= 15 is 0 Å². The molecule has 8 heavy (non-hydrogen) atoms. The number of aliphatic hydroxyl groups excluding tert-OH is 1. The van der Waals surface area contributed by atoms with Crippen LogP contribution in [0, 0.1) is 0 Å². The van der Waals surface area contributed by atoms with Gasteiger partial charge in [-0.05, 0) is 12.8 Å². The molecule has 0 aromatic carbocycles. The van der Waals surface area contributed by atoms with E-state index in [2.05, 4.69) is 0 Å². The third kappa shape index (κ3) is 1.23. The van der Waals surface area contributed by atoms with E-state index in [-0.39, 0.29) is 12.7 Å². The van der Waals surface area contributed by atoms with E-state index in [9.17, 15) is 0 Å². The van der Waals surface area contributed by atoms with Crippen LogP contribution in [-0.2, 0) is 4.74 Å². The zero-order chi connectivity index (χ0) is 5.98. The Kier molecular flexibility index (Phi) is 1.92. The van der Waals surface area contributed by atoms with Crippen LogP contribution >= 0.6 is 0 Å². The Labute approximate surface area is 50.3 Å². The van der Waals surface area contributed by atoms with E-state index in [0.29, 0.717) is 6.00 Å². The van der Waals surface area contributed by atoms with Crippen molar-refractivity contribution in [2.24, 2.45) is 0 Å². The van der Waals surface area contributed by atoms with Gasteiger partial charge in [0.25, 0.3) is 0 Å². The van der Waals surface area contributed by atoms with Gasteiger partial charge in [-0.1, -0.05) is 0 Å². The summed E-state index contributed by atoms with van der Waals surface area (Å²) in [5.74, 6) is 0. The van der Waals surface area contributed by atoms with Crippen LogP contribution in [0.25, 0.3) is 0 Å². The van der Waals surface area contributed by atoms with Crippen LogP contribution in [-0.4, -0.2) is 31.7 Å². The van der Waals surface area contributed by atoms with Crippen molar-refractivity contribution in [2.75, 3.05) is 6.61 Å². The predicted octanol–water partition coefficient (Wildman–Crippen LogP) is -0.883. The standard InChI is InChI=1S/C5H11BO2/c6-5-2-1-4(3-7)8-5/h4-5,7H,1-3,6H2/t4-,5?/m0/s1. The van der Waals surface area contributed by atoms with Crippen molar-refractivity contribution in [2.45, 2.75) is 24.9 Å². The van der Waals surface area contributed by atoms with Gasteiger partial charge in [0, 0.05) is 6.00 Å². The zero-order valence-electron chi connectivity index (χ0n) is 5.13. The van der Waals surface area contributed by atoms with Crippen LogP contribution in [0.1, 0.15) is 12.8 Å². The minimum atomic E-state index is 0.130. The maximum Gasteiger partial charge on any atom is 0.139 e. The summed E-state index contributed by atoms with van der Waals surface area (Å²) in [7, 11) is 2.04. The van der Waals surface area contributed by atoms with Crippen molar-refractivity contribution in [3.05, 3.63) is 0 Å². The number of aliphatic hydroxyl groups is 1. The number of hydrogen-bond acceptors (Lipinski definition) is 2. The fourth-order valence-corrected chi connectivity index (χ4v) is 1.02. The first-order valence-corrected chi connectivity index (χ1v) is 3.09. The quantitative estimate of drug-likeness (QED) is 0.448. The molecule has 1 saturated heterocycles. The Hall–Kier alpha value is -0.0151. The highest BCUT2D eigenvalue weighted by molar-refractivity contribution is 6.11. The SMILES string of the molecule is BC1CC[C@@H](CO)O1. The topological polar surface area (TPSA) is 29.5 Å². The maximum absolute atomic E-state index is 8.56. The maximum atomic E-state index is 8.56. The predicted molar refractivity (Wildman–Crippen MR) is 33.5 cm³/mol. The van der Waals surface area contributed by atoms with Gasteiger partial charge < -0.3 is 9.84 Å². The normalized spacial score (nSPS) is 38.1. The van der Waals surface area contributed by atoms with E-state index in [1.165, 1.54) is 0 Å². The summed E-state index contributed by atoms with van der Waals surface area (Å²) in [4.78, 5) is 0. The molecule has 1 aliphatic heterocycles. The van der Waals surface area contributed by atoms with Crippen molar-refractivity contribution in [1.29, 1.82) is 0 Å². The minimum absolute atomic E-state index is 0.130. The Bertz CT molecular complexity index is 76.8. The first kappa shape index (κ1) is 6.11. The first-order valence-electron chi connectivity index (χ1n) is 3.09. The van der Waals surface area contributed by atoms with Gasteiger partial charge in [0.1, 0.15) is 7.85 Å². The van der Waals surface area contributed by atoms with Crippen LogP contribution in [0.15, 0.2) is 0 Å². The molecule has 46 valence electrons. The first-order chi connectivity index (χ1) is 3.83. The molecule has 2 nitrogen and oxygen atoms in total. The fraction of sp³-hybridized carbons (Fsp3) is 1.00. The van der Waals surface area contributed by atoms with Gasteiger partial charge in [-0.25, -0.2) is 0 Å². The Morgan fingerprint density at radius 1 is 1.62 bits per heavy atom. The number of rotatable bonds is 1. The van der Waals surface area contributed by atoms with Crippen molar-refractivity contribution in [3.63, 3.8) is 0 Å². The molecule has 1 heterocycles. The third-order valence-corrected chi connectivity index (χ3v) is 1.52. The minimum Gasteiger partial charge on any atom is -0.394 e. The van der Waals surface area contributed by atoms with Crippen LogP contribution in [0.4, 0.5) is 0 Å². The highest BCUT2D eigenvalue weighted by Gasteiger charge is 2.19.